The number of carbonyl (C=O) groups is 1. The smallest absolute Gasteiger partial charge is 0.335 e. The lowest BCUT2D eigenvalue weighted by Crippen LogP contribution is -2.11. The van der Waals surface area contributed by atoms with Crippen LogP contribution in [-0.4, -0.2) is 26.1 Å². The molecule has 0 saturated heterocycles. The zero-order valence-electron chi connectivity index (χ0n) is 11.6. The lowest BCUT2D eigenvalue weighted by Gasteiger charge is -2.16. The van der Waals surface area contributed by atoms with Gasteiger partial charge < -0.3 is 5.11 Å². The van der Waals surface area contributed by atoms with E-state index in [4.69, 9.17) is 5.11 Å². The van der Waals surface area contributed by atoms with Crippen LogP contribution in [0.1, 0.15) is 35.3 Å². The molecule has 1 heterocycles. The number of hydrogen-bond donors (Lipinski definition) is 1. The first kappa shape index (κ1) is 13.3. The van der Waals surface area contributed by atoms with Crippen LogP contribution in [0.5, 0.6) is 0 Å². The number of benzene rings is 2. The predicted octanol–water partition coefficient (Wildman–Crippen LogP) is 3.13. The highest BCUT2D eigenvalue weighted by molar-refractivity contribution is 5.92. The van der Waals surface area contributed by atoms with Crippen molar-refractivity contribution in [1.82, 2.24) is 15.0 Å². The summed E-state index contributed by atoms with van der Waals surface area (Å²) < 4.78 is 1.80. The number of carboxylic acid groups (broad SMARTS) is 1. The van der Waals surface area contributed by atoms with E-state index in [1.54, 1.807) is 22.9 Å². The maximum atomic E-state index is 11.1. The Bertz CT molecular complexity index is 781. The average molecular weight is 281 g/mol. The molecule has 5 heteroatoms. The summed E-state index contributed by atoms with van der Waals surface area (Å²) in [6, 6.07) is 14.9. The molecule has 2 aromatic carbocycles. The minimum absolute atomic E-state index is 0.0419. The first-order valence-corrected chi connectivity index (χ1v) is 6.84. The third kappa shape index (κ3) is 2.38. The maximum Gasteiger partial charge on any atom is 0.335 e. The molecule has 0 aliphatic rings. The fourth-order valence-corrected chi connectivity index (χ4v) is 2.52. The fourth-order valence-electron chi connectivity index (χ4n) is 2.52. The molecule has 0 saturated carbocycles. The SMILES string of the molecule is CCC(c1ccccc1)n1nnc2ccc(C(=O)O)cc21. The van der Waals surface area contributed by atoms with Crippen LogP contribution in [0, 0.1) is 0 Å². The van der Waals surface area contributed by atoms with Crippen molar-refractivity contribution in [2.75, 3.05) is 0 Å². The van der Waals surface area contributed by atoms with Gasteiger partial charge in [-0.15, -0.1) is 5.10 Å². The lowest BCUT2D eigenvalue weighted by molar-refractivity contribution is 0.0697. The molecule has 0 amide bonds. The molecule has 1 N–H and O–H groups in total. The zero-order valence-corrected chi connectivity index (χ0v) is 11.6. The second kappa shape index (κ2) is 5.36. The molecule has 106 valence electrons. The summed E-state index contributed by atoms with van der Waals surface area (Å²) in [7, 11) is 0. The summed E-state index contributed by atoms with van der Waals surface area (Å²) in [6.07, 6.45) is 0.847. The van der Waals surface area contributed by atoms with E-state index in [1.165, 1.54) is 0 Å². The molecule has 1 aromatic heterocycles. The van der Waals surface area contributed by atoms with Gasteiger partial charge in [0.05, 0.1) is 17.1 Å². The molecule has 5 nitrogen and oxygen atoms in total. The first-order chi connectivity index (χ1) is 10.2. The Balaban J connectivity index is 2.14. The van der Waals surface area contributed by atoms with Gasteiger partial charge in [-0.25, -0.2) is 9.48 Å². The third-order valence-corrected chi connectivity index (χ3v) is 3.58. The Kier molecular flexibility index (Phi) is 3.39. The Morgan fingerprint density at radius 2 is 2.00 bits per heavy atom. The molecule has 3 aromatic rings. The van der Waals surface area contributed by atoms with Crippen LogP contribution in [-0.2, 0) is 0 Å². The van der Waals surface area contributed by atoms with Crippen LogP contribution in [0.4, 0.5) is 0 Å². The van der Waals surface area contributed by atoms with Crippen molar-refractivity contribution in [3.05, 3.63) is 59.7 Å². The Morgan fingerprint density at radius 3 is 2.67 bits per heavy atom. The standard InChI is InChI=1S/C16H15N3O2/c1-2-14(11-6-4-3-5-7-11)19-15-10-12(16(20)21)8-9-13(15)17-18-19/h3-10,14H,2H2,1H3,(H,20,21). The highest BCUT2D eigenvalue weighted by Gasteiger charge is 2.17. The second-order valence-corrected chi connectivity index (χ2v) is 4.88. The van der Waals surface area contributed by atoms with E-state index in [-0.39, 0.29) is 11.6 Å². The summed E-state index contributed by atoms with van der Waals surface area (Å²) in [6.45, 7) is 2.08. The molecule has 3 rings (SSSR count). The van der Waals surface area contributed by atoms with Gasteiger partial charge in [0.15, 0.2) is 0 Å². The van der Waals surface area contributed by atoms with Crippen molar-refractivity contribution in [3.63, 3.8) is 0 Å². The average Bonchev–Trinajstić information content (AvgIpc) is 2.92. The van der Waals surface area contributed by atoms with Crippen LogP contribution < -0.4 is 0 Å². The van der Waals surface area contributed by atoms with Crippen LogP contribution in [0.3, 0.4) is 0 Å². The minimum atomic E-state index is -0.947. The quantitative estimate of drug-likeness (QED) is 0.797. The van der Waals surface area contributed by atoms with Crippen molar-refractivity contribution in [1.29, 1.82) is 0 Å². The Morgan fingerprint density at radius 1 is 1.24 bits per heavy atom. The number of hydrogen-bond acceptors (Lipinski definition) is 3. The van der Waals surface area contributed by atoms with Gasteiger partial charge in [0.25, 0.3) is 0 Å². The van der Waals surface area contributed by atoms with E-state index in [1.807, 2.05) is 30.3 Å². The minimum Gasteiger partial charge on any atom is -0.478 e. The van der Waals surface area contributed by atoms with Gasteiger partial charge in [0.2, 0.25) is 0 Å². The lowest BCUT2D eigenvalue weighted by atomic mass is 10.0. The summed E-state index contributed by atoms with van der Waals surface area (Å²) >= 11 is 0. The molecule has 0 bridgehead atoms. The molecule has 0 aliphatic heterocycles. The van der Waals surface area contributed by atoms with E-state index >= 15 is 0 Å². The molecular weight excluding hydrogens is 266 g/mol. The van der Waals surface area contributed by atoms with Gasteiger partial charge in [-0.3, -0.25) is 0 Å². The van der Waals surface area contributed by atoms with Crippen LogP contribution in [0.25, 0.3) is 11.0 Å². The summed E-state index contributed by atoms with van der Waals surface area (Å²) in [5.41, 5.74) is 2.82. The molecule has 1 unspecified atom stereocenters. The largest absolute Gasteiger partial charge is 0.478 e. The highest BCUT2D eigenvalue weighted by Crippen LogP contribution is 2.25. The van der Waals surface area contributed by atoms with Crippen molar-refractivity contribution >= 4 is 17.0 Å². The molecule has 0 aliphatic carbocycles. The predicted molar refractivity (Wildman–Crippen MR) is 79.4 cm³/mol. The Labute approximate surface area is 121 Å². The number of aromatic nitrogens is 3. The number of nitrogens with zero attached hydrogens (tertiary/aromatic N) is 3. The second-order valence-electron chi connectivity index (χ2n) is 4.88. The number of aromatic carboxylic acids is 1. The van der Waals surface area contributed by atoms with Gasteiger partial charge in [-0.05, 0) is 30.2 Å². The summed E-state index contributed by atoms with van der Waals surface area (Å²) in [4.78, 5) is 11.1. The third-order valence-electron chi connectivity index (χ3n) is 3.58. The molecule has 0 spiro atoms. The van der Waals surface area contributed by atoms with Crippen LogP contribution in [0.2, 0.25) is 0 Å². The van der Waals surface area contributed by atoms with E-state index in [9.17, 15) is 4.79 Å². The highest BCUT2D eigenvalue weighted by atomic mass is 16.4. The molecular formula is C16H15N3O2. The van der Waals surface area contributed by atoms with Gasteiger partial charge in [-0.1, -0.05) is 42.5 Å². The summed E-state index contributed by atoms with van der Waals surface area (Å²) in [5, 5.41) is 17.5. The van der Waals surface area contributed by atoms with E-state index < -0.39 is 5.97 Å². The number of carboxylic acids is 1. The number of rotatable bonds is 4. The Hall–Kier alpha value is -2.69. The zero-order chi connectivity index (χ0) is 14.8. The van der Waals surface area contributed by atoms with Gasteiger partial charge in [-0.2, -0.15) is 0 Å². The van der Waals surface area contributed by atoms with Crippen molar-refractivity contribution in [3.8, 4) is 0 Å². The van der Waals surface area contributed by atoms with Gasteiger partial charge in [0.1, 0.15) is 5.52 Å². The molecule has 0 radical (unpaired) electrons. The number of fused-ring (bicyclic) bond motifs is 1. The molecule has 1 atom stereocenters. The monoisotopic (exact) mass is 281 g/mol. The topological polar surface area (TPSA) is 68.0 Å². The maximum absolute atomic E-state index is 11.1. The van der Waals surface area contributed by atoms with E-state index in [0.29, 0.717) is 5.52 Å². The van der Waals surface area contributed by atoms with E-state index in [0.717, 1.165) is 17.5 Å². The summed E-state index contributed by atoms with van der Waals surface area (Å²) in [5.74, 6) is -0.947. The van der Waals surface area contributed by atoms with Gasteiger partial charge >= 0.3 is 5.97 Å². The first-order valence-electron chi connectivity index (χ1n) is 6.84. The van der Waals surface area contributed by atoms with Crippen LogP contribution in [0.15, 0.2) is 48.5 Å². The van der Waals surface area contributed by atoms with Crippen molar-refractivity contribution in [2.45, 2.75) is 19.4 Å². The van der Waals surface area contributed by atoms with Crippen molar-refractivity contribution < 1.29 is 9.90 Å². The normalized spacial score (nSPS) is 12.4. The molecule has 0 fully saturated rings. The van der Waals surface area contributed by atoms with Gasteiger partial charge in [0, 0.05) is 0 Å². The van der Waals surface area contributed by atoms with Crippen molar-refractivity contribution in [2.24, 2.45) is 0 Å². The fraction of sp³-hybridized carbons (Fsp3) is 0.188. The van der Waals surface area contributed by atoms with Crippen LogP contribution >= 0.6 is 0 Å². The molecule has 21 heavy (non-hydrogen) atoms. The van der Waals surface area contributed by atoms with E-state index in [2.05, 4.69) is 17.2 Å².